The highest BCUT2D eigenvalue weighted by Gasteiger charge is 2.39. The van der Waals surface area contributed by atoms with Crippen LogP contribution in [0.3, 0.4) is 0 Å². The summed E-state index contributed by atoms with van der Waals surface area (Å²) in [5, 5.41) is 0. The van der Waals surface area contributed by atoms with Crippen molar-refractivity contribution in [2.24, 2.45) is 10.8 Å². The Balaban J connectivity index is 2.52. The minimum atomic E-state index is -0.408. The SMILES string of the molecule is CCCC(C)(CC)C(=O)OCC1(C)COC(=O)C1. The lowest BCUT2D eigenvalue weighted by molar-refractivity contribution is -0.159. The zero-order valence-corrected chi connectivity index (χ0v) is 11.9. The molecule has 0 saturated carbocycles. The van der Waals surface area contributed by atoms with Gasteiger partial charge in [0.2, 0.25) is 0 Å². The van der Waals surface area contributed by atoms with E-state index in [9.17, 15) is 9.59 Å². The number of carbonyl (C=O) groups is 2. The van der Waals surface area contributed by atoms with E-state index in [1.54, 1.807) is 0 Å². The maximum absolute atomic E-state index is 12.1. The molecule has 1 rings (SSSR count). The smallest absolute Gasteiger partial charge is 0.311 e. The van der Waals surface area contributed by atoms with Crippen LogP contribution < -0.4 is 0 Å². The summed E-state index contributed by atoms with van der Waals surface area (Å²) in [5.41, 5.74) is -0.762. The van der Waals surface area contributed by atoms with Crippen molar-refractivity contribution in [3.63, 3.8) is 0 Å². The summed E-state index contributed by atoms with van der Waals surface area (Å²) in [6.07, 6.45) is 2.88. The monoisotopic (exact) mass is 256 g/mol. The Morgan fingerprint density at radius 2 is 2.17 bits per heavy atom. The van der Waals surface area contributed by atoms with Crippen LogP contribution >= 0.6 is 0 Å². The normalized spacial score (nSPS) is 26.6. The van der Waals surface area contributed by atoms with Gasteiger partial charge >= 0.3 is 11.9 Å². The maximum Gasteiger partial charge on any atom is 0.311 e. The Morgan fingerprint density at radius 3 is 2.61 bits per heavy atom. The molecule has 0 N–H and O–H groups in total. The summed E-state index contributed by atoms with van der Waals surface area (Å²) >= 11 is 0. The van der Waals surface area contributed by atoms with Crippen LogP contribution in [0.15, 0.2) is 0 Å². The van der Waals surface area contributed by atoms with Gasteiger partial charge < -0.3 is 9.47 Å². The molecule has 0 aromatic heterocycles. The minimum absolute atomic E-state index is 0.160. The molecule has 1 saturated heterocycles. The second-order valence-corrected chi connectivity index (χ2v) is 5.89. The van der Waals surface area contributed by atoms with Gasteiger partial charge in [-0.2, -0.15) is 0 Å². The number of esters is 2. The zero-order chi connectivity index (χ0) is 13.8. The molecule has 0 amide bonds. The highest BCUT2D eigenvalue weighted by molar-refractivity contribution is 5.76. The van der Waals surface area contributed by atoms with Gasteiger partial charge in [-0.1, -0.05) is 27.2 Å². The molecule has 2 atom stereocenters. The fourth-order valence-electron chi connectivity index (χ4n) is 2.19. The fourth-order valence-corrected chi connectivity index (χ4v) is 2.19. The molecule has 0 radical (unpaired) electrons. The molecular weight excluding hydrogens is 232 g/mol. The topological polar surface area (TPSA) is 52.6 Å². The van der Waals surface area contributed by atoms with E-state index in [0.29, 0.717) is 13.0 Å². The van der Waals surface area contributed by atoms with Crippen LogP contribution in [0, 0.1) is 10.8 Å². The molecule has 0 aliphatic carbocycles. The van der Waals surface area contributed by atoms with Crippen molar-refractivity contribution < 1.29 is 19.1 Å². The first-order valence-electron chi connectivity index (χ1n) is 6.68. The fraction of sp³-hybridized carbons (Fsp3) is 0.857. The molecule has 1 fully saturated rings. The molecule has 1 heterocycles. The summed E-state index contributed by atoms with van der Waals surface area (Å²) in [6.45, 7) is 8.52. The molecule has 4 heteroatoms. The van der Waals surface area contributed by atoms with E-state index in [2.05, 4.69) is 6.92 Å². The van der Waals surface area contributed by atoms with E-state index in [4.69, 9.17) is 9.47 Å². The molecule has 0 spiro atoms. The standard InChI is InChI=1S/C14H24O4/c1-5-7-14(4,6-2)12(16)18-10-13(3)8-11(15)17-9-13/h5-10H2,1-4H3. The first-order chi connectivity index (χ1) is 8.35. The van der Waals surface area contributed by atoms with Crippen LogP contribution in [-0.4, -0.2) is 25.2 Å². The van der Waals surface area contributed by atoms with Gasteiger partial charge in [0.05, 0.1) is 11.8 Å². The molecule has 0 bridgehead atoms. The van der Waals surface area contributed by atoms with Gasteiger partial charge in [-0.05, 0) is 19.8 Å². The number of rotatable bonds is 6. The van der Waals surface area contributed by atoms with Crippen molar-refractivity contribution in [3.05, 3.63) is 0 Å². The Morgan fingerprint density at radius 1 is 1.50 bits per heavy atom. The van der Waals surface area contributed by atoms with Gasteiger partial charge in [0.15, 0.2) is 0 Å². The molecule has 4 nitrogen and oxygen atoms in total. The molecular formula is C14H24O4. The number of hydrogen-bond acceptors (Lipinski definition) is 4. The highest BCUT2D eigenvalue weighted by Crippen LogP contribution is 2.32. The quantitative estimate of drug-likeness (QED) is 0.686. The Labute approximate surface area is 109 Å². The lowest BCUT2D eigenvalue weighted by atomic mass is 9.83. The molecule has 1 aliphatic rings. The predicted molar refractivity (Wildman–Crippen MR) is 67.9 cm³/mol. The third kappa shape index (κ3) is 3.47. The minimum Gasteiger partial charge on any atom is -0.465 e. The average molecular weight is 256 g/mol. The lowest BCUT2D eigenvalue weighted by Gasteiger charge is -2.28. The van der Waals surface area contributed by atoms with Crippen molar-refractivity contribution in [1.82, 2.24) is 0 Å². The van der Waals surface area contributed by atoms with E-state index in [1.807, 2.05) is 20.8 Å². The summed E-state index contributed by atoms with van der Waals surface area (Å²) in [5.74, 6) is -0.368. The summed E-state index contributed by atoms with van der Waals surface area (Å²) in [7, 11) is 0. The van der Waals surface area contributed by atoms with E-state index >= 15 is 0 Å². The lowest BCUT2D eigenvalue weighted by Crippen LogP contribution is -2.33. The first-order valence-corrected chi connectivity index (χ1v) is 6.68. The van der Waals surface area contributed by atoms with Crippen LogP contribution in [0.25, 0.3) is 0 Å². The predicted octanol–water partition coefficient (Wildman–Crippen LogP) is 2.70. The van der Waals surface area contributed by atoms with Crippen molar-refractivity contribution in [2.45, 2.75) is 53.4 Å². The molecule has 104 valence electrons. The first kappa shape index (κ1) is 15.0. The summed E-state index contributed by atoms with van der Waals surface area (Å²) in [6, 6.07) is 0. The Kier molecular flexibility index (Phi) is 4.77. The van der Waals surface area contributed by atoms with Gasteiger partial charge in [0.1, 0.15) is 13.2 Å². The molecule has 0 aromatic rings. The van der Waals surface area contributed by atoms with Crippen molar-refractivity contribution >= 4 is 11.9 Å². The van der Waals surface area contributed by atoms with Crippen LogP contribution in [0.2, 0.25) is 0 Å². The summed E-state index contributed by atoms with van der Waals surface area (Å²) in [4.78, 5) is 23.2. The largest absolute Gasteiger partial charge is 0.465 e. The summed E-state index contributed by atoms with van der Waals surface area (Å²) < 4.78 is 10.3. The molecule has 2 unspecified atom stereocenters. The second-order valence-electron chi connectivity index (χ2n) is 5.89. The molecule has 1 aliphatic heterocycles. The third-order valence-electron chi connectivity index (χ3n) is 3.78. The number of carbonyl (C=O) groups excluding carboxylic acids is 2. The maximum atomic E-state index is 12.1. The van der Waals surface area contributed by atoms with Gasteiger partial charge in [0.25, 0.3) is 0 Å². The Hall–Kier alpha value is -1.06. The number of hydrogen-bond donors (Lipinski definition) is 0. The highest BCUT2D eigenvalue weighted by atomic mass is 16.6. The van der Waals surface area contributed by atoms with Crippen molar-refractivity contribution in [3.8, 4) is 0 Å². The van der Waals surface area contributed by atoms with E-state index in [0.717, 1.165) is 19.3 Å². The van der Waals surface area contributed by atoms with Gasteiger partial charge in [0, 0.05) is 5.41 Å². The van der Waals surface area contributed by atoms with E-state index < -0.39 is 5.41 Å². The van der Waals surface area contributed by atoms with Crippen LogP contribution in [0.4, 0.5) is 0 Å². The van der Waals surface area contributed by atoms with Gasteiger partial charge in [-0.3, -0.25) is 9.59 Å². The van der Waals surface area contributed by atoms with Crippen molar-refractivity contribution in [2.75, 3.05) is 13.2 Å². The van der Waals surface area contributed by atoms with E-state index in [-0.39, 0.29) is 24.0 Å². The van der Waals surface area contributed by atoms with Crippen molar-refractivity contribution in [1.29, 1.82) is 0 Å². The van der Waals surface area contributed by atoms with E-state index in [1.165, 1.54) is 0 Å². The van der Waals surface area contributed by atoms with Crippen LogP contribution in [-0.2, 0) is 19.1 Å². The second kappa shape index (κ2) is 5.72. The molecule has 18 heavy (non-hydrogen) atoms. The van der Waals surface area contributed by atoms with Crippen LogP contribution in [0.1, 0.15) is 53.4 Å². The average Bonchev–Trinajstić information content (AvgIpc) is 2.67. The molecule has 0 aromatic carbocycles. The van der Waals surface area contributed by atoms with Crippen LogP contribution in [0.5, 0.6) is 0 Å². The van der Waals surface area contributed by atoms with Gasteiger partial charge in [-0.15, -0.1) is 0 Å². The Bertz CT molecular complexity index is 326. The third-order valence-corrected chi connectivity index (χ3v) is 3.78. The number of ether oxygens (including phenoxy) is 2. The van der Waals surface area contributed by atoms with Gasteiger partial charge in [-0.25, -0.2) is 0 Å². The number of cyclic esters (lactones) is 1. The zero-order valence-electron chi connectivity index (χ0n) is 11.9.